The average molecular weight is 481 g/mol. The first kappa shape index (κ1) is 24.5. The maximum absolute atomic E-state index is 12.3. The zero-order valence-corrected chi connectivity index (χ0v) is 20.5. The minimum Gasteiger partial charge on any atom is -0.489 e. The van der Waals surface area contributed by atoms with Crippen LogP contribution in [0, 0.1) is 20.8 Å². The molecule has 0 radical (unpaired) electrons. The number of hydrogen-bond acceptors (Lipinski definition) is 4. The number of anilines is 1. The van der Waals surface area contributed by atoms with E-state index in [-0.39, 0.29) is 0 Å². The van der Waals surface area contributed by atoms with Crippen molar-refractivity contribution < 1.29 is 14.3 Å². The molecule has 3 aromatic carbocycles. The Morgan fingerprint density at radius 1 is 0.889 bits per heavy atom. The molecule has 0 aliphatic heterocycles. The molecule has 0 saturated heterocycles. The normalized spacial score (nSPS) is 10.9. The highest BCUT2D eigenvalue weighted by molar-refractivity contribution is 6.39. The number of rotatable bonds is 7. The van der Waals surface area contributed by atoms with Crippen LogP contribution in [0.25, 0.3) is 5.69 Å². The number of ether oxygens (including phenoxy) is 1. The average Bonchev–Trinajstić information content (AvgIpc) is 3.17. The highest BCUT2D eigenvalue weighted by Gasteiger charge is 2.14. The predicted octanol–water partition coefficient (Wildman–Crippen LogP) is 5.07. The van der Waals surface area contributed by atoms with E-state index >= 15 is 0 Å². The van der Waals surface area contributed by atoms with E-state index in [2.05, 4.69) is 39.5 Å². The van der Waals surface area contributed by atoms with E-state index in [9.17, 15) is 9.59 Å². The largest absolute Gasteiger partial charge is 0.489 e. The van der Waals surface area contributed by atoms with Crippen molar-refractivity contribution in [2.45, 2.75) is 27.4 Å². The molecule has 7 heteroatoms. The van der Waals surface area contributed by atoms with Crippen LogP contribution in [-0.2, 0) is 16.2 Å². The SMILES string of the molecule is Cc1ccccc1-n1c(C)cc(/C=N\NC(=O)C(=O)Nc2ccc(OCc3ccccc3)cc2)c1C. The van der Waals surface area contributed by atoms with E-state index < -0.39 is 11.8 Å². The number of amides is 2. The van der Waals surface area contributed by atoms with Gasteiger partial charge in [-0.3, -0.25) is 9.59 Å². The molecule has 1 aromatic heterocycles. The molecular weight excluding hydrogens is 452 g/mol. The first-order valence-electron chi connectivity index (χ1n) is 11.6. The van der Waals surface area contributed by atoms with E-state index in [0.29, 0.717) is 18.0 Å². The van der Waals surface area contributed by atoms with Crippen LogP contribution >= 0.6 is 0 Å². The van der Waals surface area contributed by atoms with Gasteiger partial charge in [-0.25, -0.2) is 5.43 Å². The maximum Gasteiger partial charge on any atom is 0.329 e. The Labute approximate surface area is 210 Å². The number of nitrogens with one attached hydrogen (secondary N) is 2. The molecule has 0 aliphatic rings. The number of carbonyl (C=O) groups excluding carboxylic acids is 2. The van der Waals surface area contributed by atoms with Gasteiger partial charge < -0.3 is 14.6 Å². The number of hydrazone groups is 1. The second kappa shape index (κ2) is 11.2. The molecule has 4 aromatic rings. The van der Waals surface area contributed by atoms with Crippen LogP contribution in [0.1, 0.15) is 28.1 Å². The van der Waals surface area contributed by atoms with Gasteiger partial charge in [0.15, 0.2) is 0 Å². The van der Waals surface area contributed by atoms with Crippen molar-refractivity contribution >= 4 is 23.7 Å². The van der Waals surface area contributed by atoms with Crippen LogP contribution in [-0.4, -0.2) is 22.6 Å². The number of carbonyl (C=O) groups is 2. The molecule has 7 nitrogen and oxygen atoms in total. The Bertz CT molecular complexity index is 1390. The summed E-state index contributed by atoms with van der Waals surface area (Å²) in [6.45, 7) is 6.51. The Hall–Kier alpha value is -4.65. The monoisotopic (exact) mass is 480 g/mol. The van der Waals surface area contributed by atoms with Gasteiger partial charge in [0.25, 0.3) is 0 Å². The van der Waals surface area contributed by atoms with Gasteiger partial charge in [0.2, 0.25) is 0 Å². The van der Waals surface area contributed by atoms with Gasteiger partial charge in [-0.15, -0.1) is 0 Å². The third-order valence-electron chi connectivity index (χ3n) is 5.76. The van der Waals surface area contributed by atoms with Gasteiger partial charge in [-0.05, 0) is 68.3 Å². The van der Waals surface area contributed by atoms with E-state index in [1.165, 1.54) is 0 Å². The van der Waals surface area contributed by atoms with Crippen LogP contribution in [0.5, 0.6) is 5.75 Å². The standard InChI is InChI=1S/C29H28N4O3/c1-20-9-7-8-12-27(20)33-21(2)17-24(22(33)3)18-30-32-29(35)28(34)31-25-13-15-26(16-14-25)36-19-23-10-5-4-6-11-23/h4-18H,19H2,1-3H3,(H,31,34)(H,32,35)/b30-18-. The Morgan fingerprint density at radius 3 is 2.31 bits per heavy atom. The fourth-order valence-electron chi connectivity index (χ4n) is 3.88. The minimum absolute atomic E-state index is 0.445. The molecule has 2 amide bonds. The summed E-state index contributed by atoms with van der Waals surface area (Å²) >= 11 is 0. The summed E-state index contributed by atoms with van der Waals surface area (Å²) in [6.07, 6.45) is 1.54. The van der Waals surface area contributed by atoms with Crippen LogP contribution < -0.4 is 15.5 Å². The summed E-state index contributed by atoms with van der Waals surface area (Å²) in [6, 6.07) is 26.8. The molecule has 182 valence electrons. The Kier molecular flexibility index (Phi) is 7.60. The first-order chi connectivity index (χ1) is 17.4. The van der Waals surface area contributed by atoms with Crippen LogP contribution in [0.3, 0.4) is 0 Å². The van der Waals surface area contributed by atoms with Crippen molar-refractivity contribution in [3.63, 3.8) is 0 Å². The summed E-state index contributed by atoms with van der Waals surface area (Å²) in [5.74, 6) is -1.01. The van der Waals surface area contributed by atoms with Crippen molar-refractivity contribution in [3.8, 4) is 11.4 Å². The van der Waals surface area contributed by atoms with Crippen molar-refractivity contribution in [2.24, 2.45) is 5.10 Å². The molecular formula is C29H28N4O3. The molecule has 4 rings (SSSR count). The van der Waals surface area contributed by atoms with Crippen molar-refractivity contribution in [1.29, 1.82) is 0 Å². The number of hydrogen-bond donors (Lipinski definition) is 2. The summed E-state index contributed by atoms with van der Waals surface area (Å²) in [5, 5.41) is 6.54. The topological polar surface area (TPSA) is 84.7 Å². The van der Waals surface area contributed by atoms with E-state index in [1.54, 1.807) is 30.5 Å². The highest BCUT2D eigenvalue weighted by Crippen LogP contribution is 2.22. The van der Waals surface area contributed by atoms with Gasteiger partial charge in [0.05, 0.1) is 6.21 Å². The second-order valence-corrected chi connectivity index (χ2v) is 8.40. The van der Waals surface area contributed by atoms with Gasteiger partial charge in [0, 0.05) is 28.3 Å². The first-order valence-corrected chi connectivity index (χ1v) is 11.6. The zero-order chi connectivity index (χ0) is 25.5. The summed E-state index contributed by atoms with van der Waals surface area (Å²) in [4.78, 5) is 24.5. The third kappa shape index (κ3) is 5.88. The molecule has 0 bridgehead atoms. The lowest BCUT2D eigenvalue weighted by Gasteiger charge is -2.12. The van der Waals surface area contributed by atoms with Crippen molar-refractivity contribution in [3.05, 3.63) is 113 Å². The van der Waals surface area contributed by atoms with Gasteiger partial charge in [-0.2, -0.15) is 5.10 Å². The molecule has 0 unspecified atom stereocenters. The van der Waals surface area contributed by atoms with Gasteiger partial charge >= 0.3 is 11.8 Å². The molecule has 0 spiro atoms. The number of nitrogens with zero attached hydrogens (tertiary/aromatic N) is 2. The van der Waals surface area contributed by atoms with Crippen molar-refractivity contribution in [2.75, 3.05) is 5.32 Å². The number of para-hydroxylation sites is 1. The van der Waals surface area contributed by atoms with Crippen molar-refractivity contribution in [1.82, 2.24) is 9.99 Å². The fourth-order valence-corrected chi connectivity index (χ4v) is 3.88. The van der Waals surface area contributed by atoms with Crippen LogP contribution in [0.15, 0.2) is 90.0 Å². The summed E-state index contributed by atoms with van der Waals surface area (Å²) in [7, 11) is 0. The van der Waals surface area contributed by atoms with E-state index in [0.717, 1.165) is 33.8 Å². The van der Waals surface area contributed by atoms with Gasteiger partial charge in [-0.1, -0.05) is 48.5 Å². The van der Waals surface area contributed by atoms with Crippen LogP contribution in [0.2, 0.25) is 0 Å². The molecule has 0 aliphatic carbocycles. The Balaban J connectivity index is 1.31. The van der Waals surface area contributed by atoms with E-state index in [4.69, 9.17) is 4.74 Å². The summed E-state index contributed by atoms with van der Waals surface area (Å²) in [5.41, 5.74) is 8.96. The van der Waals surface area contributed by atoms with Gasteiger partial charge in [0.1, 0.15) is 12.4 Å². The molecule has 0 atom stereocenters. The third-order valence-corrected chi connectivity index (χ3v) is 5.76. The Morgan fingerprint density at radius 2 is 1.58 bits per heavy atom. The number of benzene rings is 3. The fraction of sp³-hybridized carbons (Fsp3) is 0.138. The molecule has 2 N–H and O–H groups in total. The predicted molar refractivity (Wildman–Crippen MR) is 142 cm³/mol. The molecule has 0 saturated carbocycles. The number of aromatic nitrogens is 1. The molecule has 1 heterocycles. The zero-order valence-electron chi connectivity index (χ0n) is 20.5. The lowest BCUT2D eigenvalue weighted by atomic mass is 10.2. The lowest BCUT2D eigenvalue weighted by Crippen LogP contribution is -2.32. The number of aryl methyl sites for hydroxylation is 2. The lowest BCUT2D eigenvalue weighted by molar-refractivity contribution is -0.136. The van der Waals surface area contributed by atoms with E-state index in [1.807, 2.05) is 62.4 Å². The second-order valence-electron chi connectivity index (χ2n) is 8.40. The maximum atomic E-state index is 12.3. The quantitative estimate of drug-likeness (QED) is 0.220. The van der Waals surface area contributed by atoms with Crippen LogP contribution in [0.4, 0.5) is 5.69 Å². The summed E-state index contributed by atoms with van der Waals surface area (Å²) < 4.78 is 7.87. The smallest absolute Gasteiger partial charge is 0.329 e. The minimum atomic E-state index is -0.858. The molecule has 36 heavy (non-hydrogen) atoms. The molecule has 0 fully saturated rings. The highest BCUT2D eigenvalue weighted by atomic mass is 16.5.